The van der Waals surface area contributed by atoms with Crippen molar-refractivity contribution in [3.05, 3.63) is 41.5 Å². The van der Waals surface area contributed by atoms with Gasteiger partial charge in [0.15, 0.2) is 0 Å². The summed E-state index contributed by atoms with van der Waals surface area (Å²) < 4.78 is 0. The minimum Gasteiger partial charge on any atom is -0.303 e. The molecule has 0 spiro atoms. The van der Waals surface area contributed by atoms with E-state index in [1.165, 1.54) is 69.5 Å². The topological polar surface area (TPSA) is 6.48 Å². The van der Waals surface area contributed by atoms with E-state index >= 15 is 0 Å². The molecule has 4 rings (SSSR count). The molecule has 24 heavy (non-hydrogen) atoms. The van der Waals surface area contributed by atoms with Gasteiger partial charge in [-0.1, -0.05) is 30.3 Å². The van der Waals surface area contributed by atoms with Crippen molar-refractivity contribution in [1.29, 1.82) is 0 Å². The molecule has 0 unspecified atom stereocenters. The van der Waals surface area contributed by atoms with Gasteiger partial charge in [0.05, 0.1) is 0 Å². The van der Waals surface area contributed by atoms with Crippen molar-refractivity contribution in [3.63, 3.8) is 0 Å². The third-order valence-corrected chi connectivity index (χ3v) is 6.44. The summed E-state index contributed by atoms with van der Waals surface area (Å²) in [6, 6.07) is 10.2. The number of likely N-dealkylation sites (tertiary alicyclic amines) is 2. The molecule has 3 aliphatic rings. The van der Waals surface area contributed by atoms with Gasteiger partial charge in [-0.05, 0) is 75.2 Å². The van der Waals surface area contributed by atoms with Crippen LogP contribution in [0.2, 0.25) is 0 Å². The Hall–Kier alpha value is -1.12. The molecule has 0 radical (unpaired) electrons. The number of hydrogen-bond acceptors (Lipinski definition) is 2. The van der Waals surface area contributed by atoms with Crippen molar-refractivity contribution in [2.45, 2.75) is 45.6 Å². The zero-order valence-electron chi connectivity index (χ0n) is 15.4. The van der Waals surface area contributed by atoms with Gasteiger partial charge in [0.2, 0.25) is 0 Å². The molecule has 2 nitrogen and oxygen atoms in total. The lowest BCUT2D eigenvalue weighted by atomic mass is 9.90. The van der Waals surface area contributed by atoms with Gasteiger partial charge in [0.1, 0.15) is 0 Å². The van der Waals surface area contributed by atoms with Crippen LogP contribution in [0.3, 0.4) is 0 Å². The van der Waals surface area contributed by atoms with Crippen LogP contribution in [0.5, 0.6) is 0 Å². The Morgan fingerprint density at radius 3 is 2.50 bits per heavy atom. The smallest absolute Gasteiger partial charge is 0.00565 e. The standard InChI is InChI=1S/C22H32N2/c1-17(2)24-15-20-9-10-21(22(20)16-24)19-7-5-18(6-8-19)11-14-23-12-3-4-13-23/h5-8,10,17,20,22H,3-4,9,11-16H2,1-2H3/t20-,22+/m1/s1. The molecule has 1 aliphatic carbocycles. The molecule has 2 aliphatic heterocycles. The summed E-state index contributed by atoms with van der Waals surface area (Å²) >= 11 is 0. The minimum absolute atomic E-state index is 0.685. The molecule has 0 saturated carbocycles. The number of fused-ring (bicyclic) bond motifs is 1. The molecule has 1 aromatic carbocycles. The lowest BCUT2D eigenvalue weighted by molar-refractivity contribution is 0.263. The highest BCUT2D eigenvalue weighted by atomic mass is 15.2. The molecule has 130 valence electrons. The Labute approximate surface area is 147 Å². The van der Waals surface area contributed by atoms with E-state index in [0.717, 1.165) is 11.8 Å². The van der Waals surface area contributed by atoms with E-state index in [2.05, 4.69) is 54.0 Å². The van der Waals surface area contributed by atoms with Crippen molar-refractivity contribution in [2.24, 2.45) is 11.8 Å². The van der Waals surface area contributed by atoms with Crippen molar-refractivity contribution in [1.82, 2.24) is 9.80 Å². The maximum Gasteiger partial charge on any atom is 0.00565 e. The Kier molecular flexibility index (Phi) is 4.78. The predicted molar refractivity (Wildman–Crippen MR) is 102 cm³/mol. The second-order valence-electron chi connectivity index (χ2n) is 8.31. The van der Waals surface area contributed by atoms with E-state index in [1.54, 1.807) is 5.57 Å². The van der Waals surface area contributed by atoms with Gasteiger partial charge in [-0.15, -0.1) is 0 Å². The van der Waals surface area contributed by atoms with Gasteiger partial charge in [-0.25, -0.2) is 0 Å². The van der Waals surface area contributed by atoms with Crippen LogP contribution in [-0.2, 0) is 6.42 Å². The van der Waals surface area contributed by atoms with Crippen molar-refractivity contribution >= 4 is 5.57 Å². The number of hydrogen-bond donors (Lipinski definition) is 0. The van der Waals surface area contributed by atoms with Gasteiger partial charge >= 0.3 is 0 Å². The van der Waals surface area contributed by atoms with E-state index in [1.807, 2.05) is 0 Å². The number of nitrogens with zero attached hydrogens (tertiary/aromatic N) is 2. The summed E-state index contributed by atoms with van der Waals surface area (Å²) in [5, 5.41) is 0. The first-order valence-corrected chi connectivity index (χ1v) is 9.96. The molecule has 1 aromatic rings. The molecule has 2 heteroatoms. The van der Waals surface area contributed by atoms with Crippen LogP contribution in [0, 0.1) is 11.8 Å². The summed E-state index contributed by atoms with van der Waals surface area (Å²) in [5.74, 6) is 1.63. The van der Waals surface area contributed by atoms with Crippen LogP contribution >= 0.6 is 0 Å². The van der Waals surface area contributed by atoms with E-state index in [-0.39, 0.29) is 0 Å². The van der Waals surface area contributed by atoms with E-state index in [0.29, 0.717) is 6.04 Å². The SMILES string of the molecule is CC(C)N1C[C@H]2CC=C(c3ccc(CCN4CCCC4)cc3)[C@H]2C1. The number of rotatable bonds is 5. The highest BCUT2D eigenvalue weighted by Gasteiger charge is 2.38. The maximum atomic E-state index is 2.66. The maximum absolute atomic E-state index is 2.66. The summed E-state index contributed by atoms with van der Waals surface area (Å²) in [7, 11) is 0. The summed E-state index contributed by atoms with van der Waals surface area (Å²) in [6.07, 6.45) is 7.78. The Balaban J connectivity index is 1.38. The zero-order chi connectivity index (χ0) is 16.5. The fraction of sp³-hybridized carbons (Fsp3) is 0.636. The first-order valence-electron chi connectivity index (χ1n) is 9.96. The summed E-state index contributed by atoms with van der Waals surface area (Å²) in [4.78, 5) is 5.27. The molecular weight excluding hydrogens is 292 g/mol. The predicted octanol–water partition coefficient (Wildman–Crippen LogP) is 4.07. The number of allylic oxidation sites excluding steroid dienone is 1. The van der Waals surface area contributed by atoms with Gasteiger partial charge in [0, 0.05) is 31.6 Å². The largest absolute Gasteiger partial charge is 0.303 e. The van der Waals surface area contributed by atoms with E-state index in [4.69, 9.17) is 0 Å². The molecule has 0 N–H and O–H groups in total. The Bertz CT molecular complexity index is 580. The summed E-state index contributed by atoms with van der Waals surface area (Å²) in [6.45, 7) is 11.1. The van der Waals surface area contributed by atoms with Crippen LogP contribution in [0.1, 0.15) is 44.2 Å². The number of benzene rings is 1. The highest BCUT2D eigenvalue weighted by Crippen LogP contribution is 2.43. The summed E-state index contributed by atoms with van der Waals surface area (Å²) in [5.41, 5.74) is 4.59. The van der Waals surface area contributed by atoms with E-state index in [9.17, 15) is 0 Å². The molecule has 0 aromatic heterocycles. The molecule has 2 saturated heterocycles. The van der Waals surface area contributed by atoms with Crippen LogP contribution < -0.4 is 0 Å². The van der Waals surface area contributed by atoms with Crippen molar-refractivity contribution < 1.29 is 0 Å². The average Bonchev–Trinajstić information content (AvgIpc) is 3.30. The van der Waals surface area contributed by atoms with Crippen LogP contribution in [0.25, 0.3) is 5.57 Å². The van der Waals surface area contributed by atoms with Gasteiger partial charge < -0.3 is 9.80 Å². The first kappa shape index (κ1) is 16.4. The van der Waals surface area contributed by atoms with Gasteiger partial charge in [0.25, 0.3) is 0 Å². The zero-order valence-corrected chi connectivity index (χ0v) is 15.4. The second-order valence-corrected chi connectivity index (χ2v) is 8.31. The minimum atomic E-state index is 0.685. The second kappa shape index (κ2) is 7.01. The molecule has 0 bridgehead atoms. The van der Waals surface area contributed by atoms with Crippen molar-refractivity contribution in [2.75, 3.05) is 32.7 Å². The van der Waals surface area contributed by atoms with E-state index < -0.39 is 0 Å². The van der Waals surface area contributed by atoms with Crippen LogP contribution in [0.15, 0.2) is 30.3 Å². The van der Waals surface area contributed by atoms with Crippen LogP contribution in [0.4, 0.5) is 0 Å². The molecule has 2 heterocycles. The monoisotopic (exact) mass is 324 g/mol. The first-order chi connectivity index (χ1) is 11.7. The molecular formula is C22H32N2. The molecule has 2 atom stereocenters. The normalized spacial score (nSPS) is 27.9. The quantitative estimate of drug-likeness (QED) is 0.805. The fourth-order valence-corrected chi connectivity index (χ4v) is 4.84. The third kappa shape index (κ3) is 3.32. The lowest BCUT2D eigenvalue weighted by Crippen LogP contribution is -2.28. The molecule has 2 fully saturated rings. The van der Waals surface area contributed by atoms with Gasteiger partial charge in [-0.3, -0.25) is 0 Å². The molecule has 0 amide bonds. The average molecular weight is 325 g/mol. The Morgan fingerprint density at radius 2 is 1.79 bits per heavy atom. The van der Waals surface area contributed by atoms with Gasteiger partial charge in [-0.2, -0.15) is 0 Å². The van der Waals surface area contributed by atoms with Crippen LogP contribution in [-0.4, -0.2) is 48.6 Å². The third-order valence-electron chi connectivity index (χ3n) is 6.44. The highest BCUT2D eigenvalue weighted by molar-refractivity contribution is 5.70. The fourth-order valence-electron chi connectivity index (χ4n) is 4.84. The Morgan fingerprint density at radius 1 is 1.04 bits per heavy atom. The van der Waals surface area contributed by atoms with Crippen molar-refractivity contribution in [3.8, 4) is 0 Å². The lowest BCUT2D eigenvalue weighted by Gasteiger charge is -2.21.